The van der Waals surface area contributed by atoms with Crippen molar-refractivity contribution in [2.75, 3.05) is 0 Å². The highest BCUT2D eigenvalue weighted by Gasteiger charge is 2.40. The summed E-state index contributed by atoms with van der Waals surface area (Å²) in [5.74, 6) is 0.649. The maximum absolute atomic E-state index is 12.4. The Morgan fingerprint density at radius 3 is 2.53 bits per heavy atom. The Hall–Kier alpha value is -1.44. The number of Topliss-reactive ketones (excluding diaryl/α,β-unsaturated/α-hetero) is 2. The number of carbonyl (C=O) groups excluding carboxylic acids is 2. The van der Waals surface area contributed by atoms with Crippen molar-refractivity contribution in [1.29, 1.82) is 0 Å². The third kappa shape index (κ3) is 2.24. The lowest BCUT2D eigenvalue weighted by molar-refractivity contribution is -0.122. The van der Waals surface area contributed by atoms with Gasteiger partial charge in [-0.05, 0) is 48.3 Å². The van der Waals surface area contributed by atoms with Crippen molar-refractivity contribution in [3.8, 4) is 0 Å². The molecular weight excluding hydrogens is 236 g/mol. The molecule has 1 spiro atoms. The van der Waals surface area contributed by atoms with Gasteiger partial charge in [-0.25, -0.2) is 0 Å². The van der Waals surface area contributed by atoms with Crippen LogP contribution in [0, 0.1) is 5.41 Å². The van der Waals surface area contributed by atoms with Crippen LogP contribution in [0.15, 0.2) is 18.2 Å². The number of fused-ring (bicyclic) bond motifs is 1. The fraction of sp³-hybridized carbons (Fsp3) is 0.529. The summed E-state index contributed by atoms with van der Waals surface area (Å²) in [5, 5.41) is 0. The van der Waals surface area contributed by atoms with Gasteiger partial charge < -0.3 is 0 Å². The molecule has 100 valence electrons. The standard InChI is InChI=1S/C17H20O2/c1-2-12-3-4-13-10-17(7-5-14(18)6-8-17)11-16(19)15(13)9-12/h3-4,9H,2,5-8,10-11H2,1H3. The molecule has 2 heteroatoms. The summed E-state index contributed by atoms with van der Waals surface area (Å²) < 4.78 is 0. The van der Waals surface area contributed by atoms with Crippen molar-refractivity contribution in [3.63, 3.8) is 0 Å². The topological polar surface area (TPSA) is 34.1 Å². The van der Waals surface area contributed by atoms with Gasteiger partial charge in [0.15, 0.2) is 5.78 Å². The van der Waals surface area contributed by atoms with Crippen LogP contribution >= 0.6 is 0 Å². The van der Waals surface area contributed by atoms with Crippen LogP contribution in [0.1, 0.15) is 60.5 Å². The highest BCUT2D eigenvalue weighted by Crippen LogP contribution is 2.45. The third-order valence-electron chi connectivity index (χ3n) is 4.85. The minimum Gasteiger partial charge on any atom is -0.300 e. The second-order valence-electron chi connectivity index (χ2n) is 6.16. The molecule has 0 amide bonds. The van der Waals surface area contributed by atoms with Crippen LogP contribution in [-0.2, 0) is 17.6 Å². The first kappa shape index (κ1) is 12.6. The van der Waals surface area contributed by atoms with Crippen LogP contribution in [0.4, 0.5) is 0 Å². The Morgan fingerprint density at radius 1 is 1.11 bits per heavy atom. The molecule has 0 unspecified atom stereocenters. The predicted molar refractivity (Wildman–Crippen MR) is 74.4 cm³/mol. The Labute approximate surface area is 114 Å². The zero-order valence-electron chi connectivity index (χ0n) is 11.5. The van der Waals surface area contributed by atoms with Crippen LogP contribution in [0.2, 0.25) is 0 Å². The van der Waals surface area contributed by atoms with E-state index in [0.717, 1.165) is 31.2 Å². The molecule has 1 saturated carbocycles. The first-order valence-electron chi connectivity index (χ1n) is 7.29. The molecule has 3 rings (SSSR count). The quantitative estimate of drug-likeness (QED) is 0.770. The Kier molecular flexibility index (Phi) is 3.04. The van der Waals surface area contributed by atoms with Gasteiger partial charge in [-0.3, -0.25) is 9.59 Å². The van der Waals surface area contributed by atoms with E-state index in [-0.39, 0.29) is 11.2 Å². The molecule has 0 atom stereocenters. The maximum Gasteiger partial charge on any atom is 0.163 e. The first-order valence-corrected chi connectivity index (χ1v) is 7.29. The van der Waals surface area contributed by atoms with Crippen molar-refractivity contribution in [2.24, 2.45) is 5.41 Å². The SMILES string of the molecule is CCc1ccc2c(c1)C(=O)CC1(CCC(=O)CC1)C2. The smallest absolute Gasteiger partial charge is 0.163 e. The molecule has 19 heavy (non-hydrogen) atoms. The van der Waals surface area contributed by atoms with Gasteiger partial charge in [0.05, 0.1) is 0 Å². The molecule has 0 heterocycles. The van der Waals surface area contributed by atoms with Crippen molar-refractivity contribution in [3.05, 3.63) is 34.9 Å². The molecule has 1 fully saturated rings. The lowest BCUT2D eigenvalue weighted by atomic mass is 9.63. The van der Waals surface area contributed by atoms with E-state index < -0.39 is 0 Å². The van der Waals surface area contributed by atoms with Crippen LogP contribution in [-0.4, -0.2) is 11.6 Å². The highest BCUT2D eigenvalue weighted by atomic mass is 16.1. The fourth-order valence-electron chi connectivity index (χ4n) is 3.57. The molecule has 0 aromatic heterocycles. The van der Waals surface area contributed by atoms with Crippen molar-refractivity contribution in [2.45, 2.75) is 51.9 Å². The van der Waals surface area contributed by atoms with E-state index in [1.165, 1.54) is 11.1 Å². The molecular formula is C17H20O2. The number of hydrogen-bond acceptors (Lipinski definition) is 2. The molecule has 0 saturated heterocycles. The van der Waals surface area contributed by atoms with Crippen LogP contribution in [0.3, 0.4) is 0 Å². The molecule has 2 nitrogen and oxygen atoms in total. The van der Waals surface area contributed by atoms with Gasteiger partial charge in [-0.2, -0.15) is 0 Å². The van der Waals surface area contributed by atoms with Crippen molar-refractivity contribution in [1.82, 2.24) is 0 Å². The lowest BCUT2D eigenvalue weighted by Gasteiger charge is -2.40. The third-order valence-corrected chi connectivity index (χ3v) is 4.85. The van der Waals surface area contributed by atoms with E-state index in [9.17, 15) is 9.59 Å². The molecule has 1 aromatic carbocycles. The normalized spacial score (nSPS) is 21.5. The lowest BCUT2D eigenvalue weighted by Crippen LogP contribution is -2.36. The van der Waals surface area contributed by atoms with Crippen LogP contribution in [0.25, 0.3) is 0 Å². The second kappa shape index (κ2) is 4.59. The monoisotopic (exact) mass is 256 g/mol. The zero-order chi connectivity index (χ0) is 13.5. The Bertz CT molecular complexity index is 532. The number of hydrogen-bond donors (Lipinski definition) is 0. The number of benzene rings is 1. The Balaban J connectivity index is 1.92. The molecule has 0 bridgehead atoms. The number of ketones is 2. The van der Waals surface area contributed by atoms with E-state index in [1.807, 2.05) is 0 Å². The summed E-state index contributed by atoms with van der Waals surface area (Å²) >= 11 is 0. The largest absolute Gasteiger partial charge is 0.300 e. The van der Waals surface area contributed by atoms with Crippen LogP contribution in [0.5, 0.6) is 0 Å². The molecule has 0 N–H and O–H groups in total. The van der Waals surface area contributed by atoms with Gasteiger partial charge in [0.2, 0.25) is 0 Å². The number of carbonyl (C=O) groups is 2. The molecule has 1 aromatic rings. The van der Waals surface area contributed by atoms with Crippen molar-refractivity contribution >= 4 is 11.6 Å². The van der Waals surface area contributed by atoms with E-state index in [1.54, 1.807) is 0 Å². The second-order valence-corrected chi connectivity index (χ2v) is 6.16. The zero-order valence-corrected chi connectivity index (χ0v) is 11.5. The van der Waals surface area contributed by atoms with Crippen molar-refractivity contribution < 1.29 is 9.59 Å². The van der Waals surface area contributed by atoms with Gasteiger partial charge in [0.1, 0.15) is 5.78 Å². The predicted octanol–water partition coefficient (Wildman–Crippen LogP) is 3.51. The molecule has 2 aliphatic carbocycles. The van der Waals surface area contributed by atoms with Gasteiger partial charge >= 0.3 is 0 Å². The maximum atomic E-state index is 12.4. The average Bonchev–Trinajstić information content (AvgIpc) is 2.42. The summed E-state index contributed by atoms with van der Waals surface area (Å²) in [6.45, 7) is 2.11. The summed E-state index contributed by atoms with van der Waals surface area (Å²) in [6, 6.07) is 6.33. The van der Waals surface area contributed by atoms with Crippen LogP contribution < -0.4 is 0 Å². The van der Waals surface area contributed by atoms with Gasteiger partial charge in [-0.15, -0.1) is 0 Å². The number of aryl methyl sites for hydroxylation is 1. The minimum absolute atomic E-state index is 0.0751. The first-order chi connectivity index (χ1) is 9.12. The molecule has 0 radical (unpaired) electrons. The van der Waals surface area contributed by atoms with Gasteiger partial charge in [0.25, 0.3) is 0 Å². The van der Waals surface area contributed by atoms with Gasteiger partial charge in [-0.1, -0.05) is 19.1 Å². The average molecular weight is 256 g/mol. The molecule has 0 aliphatic heterocycles. The molecule has 2 aliphatic rings. The van der Waals surface area contributed by atoms with Gasteiger partial charge in [0, 0.05) is 24.8 Å². The summed E-state index contributed by atoms with van der Waals surface area (Å²) in [7, 11) is 0. The summed E-state index contributed by atoms with van der Waals surface area (Å²) in [6.07, 6.45) is 5.70. The van der Waals surface area contributed by atoms with E-state index in [0.29, 0.717) is 25.0 Å². The number of rotatable bonds is 1. The summed E-state index contributed by atoms with van der Waals surface area (Å²) in [5.41, 5.74) is 3.44. The van der Waals surface area contributed by atoms with E-state index in [4.69, 9.17) is 0 Å². The summed E-state index contributed by atoms with van der Waals surface area (Å²) in [4.78, 5) is 23.8. The highest BCUT2D eigenvalue weighted by molar-refractivity contribution is 5.99. The van der Waals surface area contributed by atoms with E-state index in [2.05, 4.69) is 25.1 Å². The van der Waals surface area contributed by atoms with E-state index >= 15 is 0 Å². The fourth-order valence-corrected chi connectivity index (χ4v) is 3.57. The Morgan fingerprint density at radius 2 is 1.84 bits per heavy atom. The minimum atomic E-state index is 0.0751.